The zero-order valence-electron chi connectivity index (χ0n) is 32.7. The monoisotopic (exact) mass is 732 g/mol. The maximum absolute atomic E-state index is 12.9. The summed E-state index contributed by atoms with van der Waals surface area (Å²) in [7, 11) is 0. The molecule has 0 aliphatic carbocycles. The van der Waals surface area contributed by atoms with Crippen LogP contribution in [0.5, 0.6) is 0 Å². The molecule has 304 valence electrons. The molecule has 10 heteroatoms. The van der Waals surface area contributed by atoms with Crippen LogP contribution < -0.4 is 5.32 Å². The van der Waals surface area contributed by atoms with Gasteiger partial charge < -0.3 is 45.4 Å². The first-order chi connectivity index (χ1) is 24.8. The average molecular weight is 732 g/mol. The van der Waals surface area contributed by atoms with Crippen LogP contribution in [-0.2, 0) is 14.3 Å². The maximum atomic E-state index is 12.9. The van der Waals surface area contributed by atoms with Crippen molar-refractivity contribution in [3.8, 4) is 0 Å². The van der Waals surface area contributed by atoms with E-state index in [1.54, 1.807) is 0 Å². The Bertz CT molecular complexity index is 788. The van der Waals surface area contributed by atoms with Gasteiger partial charge in [-0.2, -0.15) is 0 Å². The normalized spacial score (nSPS) is 22.5. The fourth-order valence-electron chi connectivity index (χ4n) is 7.02. The molecule has 8 atom stereocenters. The van der Waals surface area contributed by atoms with Crippen LogP contribution in [0, 0.1) is 0 Å². The number of carbonyl (C=O) groups is 1. The van der Waals surface area contributed by atoms with E-state index >= 15 is 0 Å². The van der Waals surface area contributed by atoms with Crippen molar-refractivity contribution in [1.29, 1.82) is 0 Å². The van der Waals surface area contributed by atoms with Crippen molar-refractivity contribution >= 4 is 5.91 Å². The first-order valence-electron chi connectivity index (χ1n) is 21.3. The van der Waals surface area contributed by atoms with Crippen molar-refractivity contribution in [3.63, 3.8) is 0 Å². The van der Waals surface area contributed by atoms with Crippen LogP contribution in [0.25, 0.3) is 0 Å². The Balaban J connectivity index is 2.41. The second-order valence-electron chi connectivity index (χ2n) is 15.3. The van der Waals surface area contributed by atoms with Crippen LogP contribution in [-0.4, -0.2) is 98.7 Å². The number of rotatable bonds is 35. The number of hydrogen-bond acceptors (Lipinski definition) is 9. The van der Waals surface area contributed by atoms with E-state index in [0.717, 1.165) is 44.9 Å². The van der Waals surface area contributed by atoms with Crippen LogP contribution >= 0.6 is 0 Å². The highest BCUT2D eigenvalue weighted by Crippen LogP contribution is 2.23. The molecule has 0 aromatic heterocycles. The minimum atomic E-state index is -1.60. The lowest BCUT2D eigenvalue weighted by atomic mass is 9.98. The number of aliphatic hydroxyl groups excluding tert-OH is 6. The van der Waals surface area contributed by atoms with Crippen molar-refractivity contribution in [1.82, 2.24) is 5.32 Å². The van der Waals surface area contributed by atoms with Crippen molar-refractivity contribution in [2.75, 3.05) is 13.2 Å². The Labute approximate surface area is 311 Å². The first kappa shape index (κ1) is 48.2. The van der Waals surface area contributed by atoms with Gasteiger partial charge in [0.05, 0.1) is 25.4 Å². The van der Waals surface area contributed by atoms with Crippen molar-refractivity contribution < 1.29 is 44.9 Å². The van der Waals surface area contributed by atoms with E-state index in [4.69, 9.17) is 9.47 Å². The van der Waals surface area contributed by atoms with Crippen LogP contribution in [0.3, 0.4) is 0 Å². The first-order valence-corrected chi connectivity index (χ1v) is 21.3. The second-order valence-corrected chi connectivity index (χ2v) is 15.3. The molecule has 1 amide bonds. The summed E-state index contributed by atoms with van der Waals surface area (Å²) in [6, 6.07) is -0.982. The SMILES string of the molecule is CCCCCCCCCCCCCCCCCC[C@@H](O)[C@@H](O)[C@H](CO[C@@H]1O[C@H](CO)[C@@H](O)C(O)C1O)NC(=O)CCCCCCCCCCCC. The van der Waals surface area contributed by atoms with Gasteiger partial charge in [-0.05, 0) is 12.8 Å². The van der Waals surface area contributed by atoms with Gasteiger partial charge >= 0.3 is 0 Å². The highest BCUT2D eigenvalue weighted by atomic mass is 16.7. The molecule has 7 N–H and O–H groups in total. The number of hydrogen-bond donors (Lipinski definition) is 7. The predicted molar refractivity (Wildman–Crippen MR) is 204 cm³/mol. The zero-order chi connectivity index (χ0) is 37.5. The number of ether oxygens (including phenoxy) is 2. The van der Waals surface area contributed by atoms with E-state index in [2.05, 4.69) is 19.2 Å². The third-order valence-electron chi connectivity index (χ3n) is 10.6. The summed E-state index contributed by atoms with van der Waals surface area (Å²) in [6.45, 7) is 3.58. The quantitative estimate of drug-likeness (QED) is 0.0341. The molecule has 0 spiro atoms. The van der Waals surface area contributed by atoms with E-state index in [0.29, 0.717) is 6.42 Å². The molecular weight excluding hydrogens is 650 g/mol. The van der Waals surface area contributed by atoms with Gasteiger partial charge in [0.1, 0.15) is 30.5 Å². The predicted octanol–water partition coefficient (Wildman–Crippen LogP) is 6.97. The molecule has 0 saturated carbocycles. The molecule has 51 heavy (non-hydrogen) atoms. The minimum Gasteiger partial charge on any atom is -0.394 e. The topological polar surface area (TPSA) is 169 Å². The summed E-state index contributed by atoms with van der Waals surface area (Å²) in [4.78, 5) is 12.9. The molecule has 0 aromatic rings. The van der Waals surface area contributed by atoms with Crippen molar-refractivity contribution in [2.45, 2.75) is 243 Å². The van der Waals surface area contributed by atoms with Gasteiger partial charge in [0.25, 0.3) is 0 Å². The van der Waals surface area contributed by atoms with E-state index in [1.165, 1.54) is 122 Å². The fourth-order valence-corrected chi connectivity index (χ4v) is 7.02. The lowest BCUT2D eigenvalue weighted by Gasteiger charge is -2.40. The van der Waals surface area contributed by atoms with E-state index < -0.39 is 55.6 Å². The third-order valence-corrected chi connectivity index (χ3v) is 10.6. The standard InChI is InChI=1S/C41H81NO9/c1-3-5-7-9-11-13-15-16-17-18-19-20-21-23-25-27-29-34(44)37(46)33(32-50-41-40(49)39(48)38(47)35(31-43)51-41)42-36(45)30-28-26-24-22-14-12-10-8-6-4-2/h33-35,37-41,43-44,46-49H,3-32H2,1-2H3,(H,42,45)/t33-,34+,35+,37-,38+,39?,40?,41+/m0/s1. The van der Waals surface area contributed by atoms with Crippen LogP contribution in [0.1, 0.15) is 194 Å². The number of unbranched alkanes of at least 4 members (excludes halogenated alkanes) is 24. The third kappa shape index (κ3) is 23.5. The molecule has 1 heterocycles. The molecule has 0 bridgehead atoms. The Hall–Kier alpha value is -0.850. The molecule has 1 aliphatic rings. The molecule has 0 aromatic carbocycles. The van der Waals surface area contributed by atoms with Crippen molar-refractivity contribution in [3.05, 3.63) is 0 Å². The Morgan fingerprint density at radius 3 is 1.45 bits per heavy atom. The van der Waals surface area contributed by atoms with Crippen LogP contribution in [0.2, 0.25) is 0 Å². The van der Waals surface area contributed by atoms with Gasteiger partial charge in [-0.1, -0.05) is 174 Å². The van der Waals surface area contributed by atoms with Gasteiger partial charge in [0, 0.05) is 6.42 Å². The molecular formula is C41H81NO9. The molecule has 1 fully saturated rings. The van der Waals surface area contributed by atoms with Gasteiger partial charge in [-0.25, -0.2) is 0 Å². The molecule has 2 unspecified atom stereocenters. The lowest BCUT2D eigenvalue weighted by molar-refractivity contribution is -0.303. The molecule has 1 saturated heterocycles. The molecule has 10 nitrogen and oxygen atoms in total. The van der Waals surface area contributed by atoms with E-state index in [9.17, 15) is 35.4 Å². The lowest BCUT2D eigenvalue weighted by Crippen LogP contribution is -2.60. The molecule has 1 aliphatic heterocycles. The summed E-state index contributed by atoms with van der Waals surface area (Å²) in [5.41, 5.74) is 0. The fraction of sp³-hybridized carbons (Fsp3) is 0.976. The van der Waals surface area contributed by atoms with Gasteiger partial charge in [-0.3, -0.25) is 4.79 Å². The van der Waals surface area contributed by atoms with Crippen molar-refractivity contribution in [2.24, 2.45) is 0 Å². The number of aliphatic hydroxyl groups is 6. The highest BCUT2D eigenvalue weighted by Gasteiger charge is 2.44. The van der Waals surface area contributed by atoms with Crippen LogP contribution in [0.4, 0.5) is 0 Å². The summed E-state index contributed by atoms with van der Waals surface area (Å²) in [6.07, 6.45) is 22.6. The van der Waals surface area contributed by atoms with Crippen LogP contribution in [0.15, 0.2) is 0 Å². The largest absolute Gasteiger partial charge is 0.394 e. The smallest absolute Gasteiger partial charge is 0.220 e. The summed E-state index contributed by atoms with van der Waals surface area (Å²) < 4.78 is 11.1. The summed E-state index contributed by atoms with van der Waals surface area (Å²) in [5, 5.41) is 64.9. The maximum Gasteiger partial charge on any atom is 0.220 e. The second kappa shape index (κ2) is 32.6. The minimum absolute atomic E-state index is 0.259. The summed E-state index contributed by atoms with van der Waals surface area (Å²) in [5.74, 6) is -0.259. The highest BCUT2D eigenvalue weighted by molar-refractivity contribution is 5.76. The number of amides is 1. The zero-order valence-corrected chi connectivity index (χ0v) is 32.7. The van der Waals surface area contributed by atoms with E-state index in [1.807, 2.05) is 0 Å². The Morgan fingerprint density at radius 2 is 1.02 bits per heavy atom. The van der Waals surface area contributed by atoms with Gasteiger partial charge in [-0.15, -0.1) is 0 Å². The summed E-state index contributed by atoms with van der Waals surface area (Å²) >= 11 is 0. The molecule has 1 rings (SSSR count). The van der Waals surface area contributed by atoms with Gasteiger partial charge in [0.15, 0.2) is 6.29 Å². The molecule has 0 radical (unpaired) electrons. The van der Waals surface area contributed by atoms with E-state index in [-0.39, 0.29) is 18.9 Å². The number of nitrogens with one attached hydrogen (secondary N) is 1. The average Bonchev–Trinajstić information content (AvgIpc) is 3.13. The van der Waals surface area contributed by atoms with Gasteiger partial charge in [0.2, 0.25) is 5.91 Å². The number of carbonyl (C=O) groups excluding carboxylic acids is 1. The Kier molecular flexibility index (Phi) is 30.8. The Morgan fingerprint density at radius 1 is 0.608 bits per heavy atom.